The number of hydrogen-bond acceptors (Lipinski definition) is 0. The summed E-state index contributed by atoms with van der Waals surface area (Å²) in [6.07, 6.45) is 5.48. The SMILES string of the molecule is CC1=[C-]C(C)C(C)=C1.[Cl-].[Cl-].[Hf]. The molecule has 0 amide bonds. The zero-order valence-corrected chi connectivity index (χ0v) is 12.0. The van der Waals surface area contributed by atoms with Gasteiger partial charge in [-0.3, -0.25) is 6.08 Å². The van der Waals surface area contributed by atoms with Crippen molar-refractivity contribution in [3.63, 3.8) is 0 Å². The van der Waals surface area contributed by atoms with Crippen molar-refractivity contribution in [2.24, 2.45) is 5.92 Å². The molecule has 3 heteroatoms. The normalized spacial score (nSPS) is 20.1. The molecule has 0 radical (unpaired) electrons. The second kappa shape index (κ2) is 7.57. The van der Waals surface area contributed by atoms with Crippen molar-refractivity contribution in [3.8, 4) is 0 Å². The maximum absolute atomic E-state index is 3.29. The molecule has 0 fully saturated rings. The van der Waals surface area contributed by atoms with Crippen molar-refractivity contribution in [1.29, 1.82) is 0 Å². The maximum atomic E-state index is 3.29. The van der Waals surface area contributed by atoms with E-state index in [4.69, 9.17) is 0 Å². The predicted molar refractivity (Wildman–Crippen MR) is 35.4 cm³/mol. The quantitative estimate of drug-likeness (QED) is 0.310. The summed E-state index contributed by atoms with van der Waals surface area (Å²) >= 11 is 0. The fourth-order valence-corrected chi connectivity index (χ4v) is 0.964. The van der Waals surface area contributed by atoms with Gasteiger partial charge in [0.1, 0.15) is 0 Å². The van der Waals surface area contributed by atoms with Gasteiger partial charge in [0.2, 0.25) is 0 Å². The third-order valence-electron chi connectivity index (χ3n) is 1.57. The first-order valence-corrected chi connectivity index (χ1v) is 2.98. The molecule has 0 aromatic heterocycles. The molecule has 0 aliphatic heterocycles. The van der Waals surface area contributed by atoms with Crippen LogP contribution in [0.25, 0.3) is 0 Å². The standard InChI is InChI=1S/C8H11.2ClH.Hf/c1-6-4-7(2)8(3)5-6;;;/h4,8H,1-3H3;2*1H;/q-1;;;/p-2. The summed E-state index contributed by atoms with van der Waals surface area (Å²) in [6.45, 7) is 6.41. The van der Waals surface area contributed by atoms with Gasteiger partial charge in [0.15, 0.2) is 0 Å². The summed E-state index contributed by atoms with van der Waals surface area (Å²) in [5.41, 5.74) is 2.72. The maximum Gasteiger partial charge on any atom is 0 e. The summed E-state index contributed by atoms with van der Waals surface area (Å²) in [4.78, 5) is 0. The molecule has 0 spiro atoms. The average Bonchev–Trinajstić information content (AvgIpc) is 1.85. The molecule has 1 rings (SSSR count). The molecular weight excluding hydrogens is 345 g/mol. The minimum Gasteiger partial charge on any atom is -1.00 e. The Kier molecular flexibility index (Phi) is 12.3. The molecule has 1 atom stereocenters. The van der Waals surface area contributed by atoms with Crippen LogP contribution in [-0.2, 0) is 25.8 Å². The van der Waals surface area contributed by atoms with E-state index < -0.39 is 0 Å². The Labute approximate surface area is 100 Å². The van der Waals surface area contributed by atoms with Crippen molar-refractivity contribution in [2.45, 2.75) is 20.8 Å². The van der Waals surface area contributed by atoms with Gasteiger partial charge < -0.3 is 24.8 Å². The predicted octanol–water partition coefficient (Wildman–Crippen LogP) is -3.66. The minimum absolute atomic E-state index is 0. The van der Waals surface area contributed by atoms with Gasteiger partial charge in [-0.2, -0.15) is 5.57 Å². The van der Waals surface area contributed by atoms with E-state index in [0.717, 1.165) is 0 Å². The van der Waals surface area contributed by atoms with E-state index in [1.165, 1.54) is 11.1 Å². The molecule has 1 unspecified atom stereocenters. The van der Waals surface area contributed by atoms with E-state index in [1.807, 2.05) is 0 Å². The summed E-state index contributed by atoms with van der Waals surface area (Å²) < 4.78 is 0. The van der Waals surface area contributed by atoms with Crippen LogP contribution in [0, 0.1) is 12.0 Å². The van der Waals surface area contributed by atoms with Crippen LogP contribution in [0.1, 0.15) is 20.8 Å². The number of halogens is 2. The molecule has 0 nitrogen and oxygen atoms in total. The first-order valence-electron chi connectivity index (χ1n) is 2.98. The second-order valence-corrected chi connectivity index (χ2v) is 2.44. The van der Waals surface area contributed by atoms with Crippen LogP contribution >= 0.6 is 0 Å². The largest absolute Gasteiger partial charge is 1.00 e. The smallest absolute Gasteiger partial charge is 0 e. The molecule has 0 aromatic carbocycles. The van der Waals surface area contributed by atoms with Crippen LogP contribution in [0.15, 0.2) is 17.2 Å². The van der Waals surface area contributed by atoms with Crippen LogP contribution in [0.2, 0.25) is 0 Å². The third kappa shape index (κ3) is 5.21. The zero-order valence-electron chi connectivity index (χ0n) is 6.91. The summed E-state index contributed by atoms with van der Waals surface area (Å²) in [7, 11) is 0. The van der Waals surface area contributed by atoms with E-state index in [1.54, 1.807) is 0 Å². The Hall–Kier alpha value is 0.930. The summed E-state index contributed by atoms with van der Waals surface area (Å²) in [6, 6.07) is 0. The molecule has 0 saturated carbocycles. The van der Waals surface area contributed by atoms with E-state index in [9.17, 15) is 0 Å². The Bertz CT molecular complexity index is 161. The molecule has 64 valence electrons. The van der Waals surface area contributed by atoms with E-state index in [-0.39, 0.29) is 50.7 Å². The number of allylic oxidation sites excluding steroid dienone is 4. The average molecular weight is 357 g/mol. The number of hydrogen-bond donors (Lipinski definition) is 0. The fourth-order valence-electron chi connectivity index (χ4n) is 0.964. The van der Waals surface area contributed by atoms with Gasteiger partial charge >= 0.3 is 0 Å². The molecule has 1 aliphatic rings. The molecular formula is C8H11Cl2Hf-3. The summed E-state index contributed by atoms with van der Waals surface area (Å²) in [5, 5.41) is 0. The Balaban J connectivity index is -0.000000213. The number of rotatable bonds is 0. The van der Waals surface area contributed by atoms with E-state index >= 15 is 0 Å². The van der Waals surface area contributed by atoms with Crippen molar-refractivity contribution >= 4 is 0 Å². The van der Waals surface area contributed by atoms with Gasteiger partial charge in [-0.05, 0) is 0 Å². The monoisotopic (exact) mass is 357 g/mol. The van der Waals surface area contributed by atoms with Crippen LogP contribution in [0.4, 0.5) is 0 Å². The van der Waals surface area contributed by atoms with Gasteiger partial charge in [0.25, 0.3) is 0 Å². The minimum atomic E-state index is 0. The second-order valence-electron chi connectivity index (χ2n) is 2.44. The molecule has 0 saturated heterocycles. The van der Waals surface area contributed by atoms with Crippen molar-refractivity contribution in [2.75, 3.05) is 0 Å². The Morgan fingerprint density at radius 3 is 1.82 bits per heavy atom. The van der Waals surface area contributed by atoms with Gasteiger partial charge in [-0.1, -0.05) is 26.7 Å². The van der Waals surface area contributed by atoms with E-state index in [2.05, 4.69) is 32.9 Å². The Morgan fingerprint density at radius 1 is 1.27 bits per heavy atom. The van der Waals surface area contributed by atoms with Crippen molar-refractivity contribution < 1.29 is 50.7 Å². The zero-order chi connectivity index (χ0) is 6.15. The summed E-state index contributed by atoms with van der Waals surface area (Å²) in [5.74, 6) is 0.565. The first kappa shape index (κ1) is 17.9. The fraction of sp³-hybridized carbons (Fsp3) is 0.500. The van der Waals surface area contributed by atoms with Crippen LogP contribution in [0.3, 0.4) is 0 Å². The van der Waals surface area contributed by atoms with Gasteiger partial charge in [-0.25, -0.2) is 11.6 Å². The third-order valence-corrected chi connectivity index (χ3v) is 1.57. The molecule has 0 aromatic rings. The van der Waals surface area contributed by atoms with Gasteiger partial charge in [0.05, 0.1) is 0 Å². The van der Waals surface area contributed by atoms with E-state index in [0.29, 0.717) is 5.92 Å². The van der Waals surface area contributed by atoms with Gasteiger partial charge in [0, 0.05) is 25.8 Å². The topological polar surface area (TPSA) is 0 Å². The van der Waals surface area contributed by atoms with Crippen LogP contribution in [0.5, 0.6) is 0 Å². The molecule has 0 N–H and O–H groups in total. The molecule has 0 bridgehead atoms. The van der Waals surface area contributed by atoms with Crippen molar-refractivity contribution in [1.82, 2.24) is 0 Å². The van der Waals surface area contributed by atoms with Crippen molar-refractivity contribution in [3.05, 3.63) is 23.3 Å². The van der Waals surface area contributed by atoms with Crippen LogP contribution < -0.4 is 24.8 Å². The molecule has 1 aliphatic carbocycles. The molecule has 0 heterocycles. The first-order chi connectivity index (χ1) is 3.70. The van der Waals surface area contributed by atoms with Gasteiger partial charge in [-0.15, -0.1) is 0 Å². The van der Waals surface area contributed by atoms with Crippen LogP contribution in [-0.4, -0.2) is 0 Å². The Morgan fingerprint density at radius 2 is 1.73 bits per heavy atom. The molecule has 11 heavy (non-hydrogen) atoms.